The van der Waals surface area contributed by atoms with Crippen molar-refractivity contribution in [1.82, 2.24) is 9.78 Å². The lowest BCUT2D eigenvalue weighted by atomic mass is 9.99. The van der Waals surface area contributed by atoms with E-state index in [2.05, 4.69) is 0 Å². The molecule has 1 amide bonds. The first-order chi connectivity index (χ1) is 22.1. The van der Waals surface area contributed by atoms with Gasteiger partial charge in [-0.15, -0.1) is 0 Å². The minimum absolute atomic E-state index is 0.210. The van der Waals surface area contributed by atoms with E-state index in [1.54, 1.807) is 0 Å². The maximum absolute atomic E-state index is 14.0. The Balaban J connectivity index is 1.31. The highest BCUT2D eigenvalue weighted by atomic mass is 35.5. The van der Waals surface area contributed by atoms with Gasteiger partial charge in [0.15, 0.2) is 0 Å². The van der Waals surface area contributed by atoms with Gasteiger partial charge in [0, 0.05) is 27.9 Å². The van der Waals surface area contributed by atoms with Crippen LogP contribution in [0.15, 0.2) is 156 Å². The number of hydrogen-bond donors (Lipinski definition) is 0. The van der Waals surface area contributed by atoms with E-state index in [-0.39, 0.29) is 5.91 Å². The second-order valence-electron chi connectivity index (χ2n) is 10.5. The fourth-order valence-corrected chi connectivity index (χ4v) is 5.29. The summed E-state index contributed by atoms with van der Waals surface area (Å²) in [5.74, 6) is 0.493. The number of para-hydroxylation sites is 2. The maximum atomic E-state index is 14.0. The molecule has 2 heterocycles. The van der Waals surface area contributed by atoms with Gasteiger partial charge in [-0.2, -0.15) is 15.2 Å². The van der Waals surface area contributed by atoms with E-state index >= 15 is 0 Å². The zero-order valence-corrected chi connectivity index (χ0v) is 24.9. The third kappa shape index (κ3) is 6.05. The van der Waals surface area contributed by atoms with Gasteiger partial charge in [-0.1, -0.05) is 103 Å². The lowest BCUT2D eigenvalue weighted by Crippen LogP contribution is -2.21. The standard InChI is InChI=1S/C38H27ClN4O2/c39-31-21-19-27(20-22-31)26-45-34-18-10-13-29(23-34)36-30(25-42(40-36)32-14-6-2-7-15-32)24-35-37(28-11-4-1-5-12-28)41-43(38(35)44)33-16-8-3-9-17-33/h1-25H,26H2. The van der Waals surface area contributed by atoms with Gasteiger partial charge in [0.2, 0.25) is 0 Å². The van der Waals surface area contributed by atoms with E-state index in [0.717, 1.165) is 27.9 Å². The van der Waals surface area contributed by atoms with Crippen LogP contribution in [0.4, 0.5) is 5.69 Å². The fourth-order valence-electron chi connectivity index (χ4n) is 5.16. The predicted molar refractivity (Wildman–Crippen MR) is 180 cm³/mol. The molecule has 218 valence electrons. The Kier molecular flexibility index (Phi) is 7.79. The summed E-state index contributed by atoms with van der Waals surface area (Å²) in [6, 6.07) is 44.5. The van der Waals surface area contributed by atoms with Crippen molar-refractivity contribution >= 4 is 35.0 Å². The van der Waals surface area contributed by atoms with Crippen LogP contribution in [0.1, 0.15) is 16.7 Å². The first kappa shape index (κ1) is 28.1. The summed E-state index contributed by atoms with van der Waals surface area (Å²) in [7, 11) is 0. The molecule has 0 saturated heterocycles. The highest BCUT2D eigenvalue weighted by molar-refractivity contribution is 6.37. The summed E-state index contributed by atoms with van der Waals surface area (Å²) in [4.78, 5) is 14.0. The Bertz CT molecular complexity index is 2020. The SMILES string of the molecule is O=C1C(=Cc2cn(-c3ccccc3)nc2-c2cccc(OCc3ccc(Cl)cc3)c2)C(c2ccccc2)=NN1c1ccccc1. The average Bonchev–Trinajstić information content (AvgIpc) is 3.67. The van der Waals surface area contributed by atoms with Crippen LogP contribution in [0.25, 0.3) is 23.0 Å². The number of hydrogen-bond acceptors (Lipinski definition) is 4. The van der Waals surface area contributed by atoms with Crippen LogP contribution in [0.2, 0.25) is 5.02 Å². The minimum atomic E-state index is -0.210. The molecule has 6 aromatic rings. The van der Waals surface area contributed by atoms with Crippen molar-refractivity contribution in [2.45, 2.75) is 6.61 Å². The highest BCUT2D eigenvalue weighted by Gasteiger charge is 2.32. The Hall–Kier alpha value is -5.72. The zero-order valence-electron chi connectivity index (χ0n) is 24.1. The maximum Gasteiger partial charge on any atom is 0.281 e. The molecule has 0 N–H and O–H groups in total. The van der Waals surface area contributed by atoms with E-state index in [4.69, 9.17) is 26.5 Å². The summed E-state index contributed by atoms with van der Waals surface area (Å²) in [5.41, 5.74) is 6.89. The van der Waals surface area contributed by atoms with Crippen LogP contribution in [-0.2, 0) is 11.4 Å². The quantitative estimate of drug-likeness (QED) is 0.163. The summed E-state index contributed by atoms with van der Waals surface area (Å²) in [6.07, 6.45) is 3.83. The monoisotopic (exact) mass is 606 g/mol. The number of carbonyl (C=O) groups is 1. The van der Waals surface area contributed by atoms with Crippen LogP contribution in [0, 0.1) is 0 Å². The summed E-state index contributed by atoms with van der Waals surface area (Å²) >= 11 is 6.05. The Morgan fingerprint density at radius 1 is 0.711 bits per heavy atom. The topological polar surface area (TPSA) is 59.7 Å². The van der Waals surface area contributed by atoms with Gasteiger partial charge in [-0.05, 0) is 60.2 Å². The van der Waals surface area contributed by atoms with Crippen molar-refractivity contribution in [3.8, 4) is 22.7 Å². The second kappa shape index (κ2) is 12.5. The molecule has 0 unspecified atom stereocenters. The molecule has 1 aliphatic rings. The molecule has 0 fully saturated rings. The largest absolute Gasteiger partial charge is 0.489 e. The van der Waals surface area contributed by atoms with Crippen molar-refractivity contribution in [2.24, 2.45) is 5.10 Å². The van der Waals surface area contributed by atoms with Crippen LogP contribution in [0.3, 0.4) is 0 Å². The molecule has 1 aromatic heterocycles. The molecule has 0 bridgehead atoms. The fraction of sp³-hybridized carbons (Fsp3) is 0.0263. The molecule has 0 saturated carbocycles. The normalized spacial score (nSPS) is 13.7. The minimum Gasteiger partial charge on any atom is -0.489 e. The smallest absolute Gasteiger partial charge is 0.281 e. The van der Waals surface area contributed by atoms with Gasteiger partial charge in [0.05, 0.1) is 16.9 Å². The molecule has 7 rings (SSSR count). The number of hydrazone groups is 1. The molecule has 45 heavy (non-hydrogen) atoms. The van der Waals surface area contributed by atoms with E-state index in [1.807, 2.05) is 156 Å². The number of halogens is 1. The van der Waals surface area contributed by atoms with Crippen molar-refractivity contribution in [3.63, 3.8) is 0 Å². The third-order valence-corrected chi connectivity index (χ3v) is 7.67. The van der Waals surface area contributed by atoms with Crippen molar-refractivity contribution in [2.75, 3.05) is 5.01 Å². The molecular weight excluding hydrogens is 580 g/mol. The number of carbonyl (C=O) groups excluding carboxylic acids is 1. The lowest BCUT2D eigenvalue weighted by molar-refractivity contribution is -0.114. The van der Waals surface area contributed by atoms with Crippen molar-refractivity contribution < 1.29 is 9.53 Å². The Labute approximate surface area is 266 Å². The highest BCUT2D eigenvalue weighted by Crippen LogP contribution is 2.32. The number of benzene rings is 5. The van der Waals surface area contributed by atoms with Crippen molar-refractivity contribution in [1.29, 1.82) is 0 Å². The molecule has 6 nitrogen and oxygen atoms in total. The number of nitrogens with zero attached hydrogens (tertiary/aromatic N) is 4. The Morgan fingerprint density at radius 2 is 1.36 bits per heavy atom. The number of amides is 1. The van der Waals surface area contributed by atoms with Crippen molar-refractivity contribution in [3.05, 3.63) is 173 Å². The molecule has 5 aromatic carbocycles. The van der Waals surface area contributed by atoms with Crippen LogP contribution in [0.5, 0.6) is 5.75 Å². The molecule has 0 aliphatic carbocycles. The number of anilines is 1. The molecule has 7 heteroatoms. The van der Waals surface area contributed by atoms with Gasteiger partial charge in [-0.25, -0.2) is 4.68 Å². The number of aromatic nitrogens is 2. The Morgan fingerprint density at radius 3 is 2.07 bits per heavy atom. The number of rotatable bonds is 8. The lowest BCUT2D eigenvalue weighted by Gasteiger charge is -2.11. The predicted octanol–water partition coefficient (Wildman–Crippen LogP) is 8.61. The van der Waals surface area contributed by atoms with E-state index in [9.17, 15) is 4.79 Å². The third-order valence-electron chi connectivity index (χ3n) is 7.42. The van der Waals surface area contributed by atoms with E-state index < -0.39 is 0 Å². The van der Waals surface area contributed by atoms with E-state index in [0.29, 0.717) is 40.0 Å². The molecular formula is C38H27ClN4O2. The summed E-state index contributed by atoms with van der Waals surface area (Å²) in [6.45, 7) is 0.400. The first-order valence-electron chi connectivity index (χ1n) is 14.5. The molecule has 1 aliphatic heterocycles. The van der Waals surface area contributed by atoms with Crippen LogP contribution < -0.4 is 9.75 Å². The molecule has 0 spiro atoms. The second-order valence-corrected chi connectivity index (χ2v) is 10.9. The average molecular weight is 607 g/mol. The molecule has 0 radical (unpaired) electrons. The summed E-state index contributed by atoms with van der Waals surface area (Å²) < 4.78 is 7.97. The summed E-state index contributed by atoms with van der Waals surface area (Å²) in [5, 5.41) is 11.9. The van der Waals surface area contributed by atoms with E-state index in [1.165, 1.54) is 5.01 Å². The first-order valence-corrected chi connectivity index (χ1v) is 14.9. The van der Waals surface area contributed by atoms with Gasteiger partial charge in [0.1, 0.15) is 23.8 Å². The van der Waals surface area contributed by atoms with Crippen LogP contribution in [-0.4, -0.2) is 21.4 Å². The van der Waals surface area contributed by atoms with Crippen LogP contribution >= 0.6 is 11.6 Å². The zero-order chi connectivity index (χ0) is 30.6. The van der Waals surface area contributed by atoms with Gasteiger partial charge < -0.3 is 4.74 Å². The molecule has 0 atom stereocenters. The van der Waals surface area contributed by atoms with Gasteiger partial charge >= 0.3 is 0 Å². The van der Waals surface area contributed by atoms with Gasteiger partial charge in [0.25, 0.3) is 5.91 Å². The number of ether oxygens (including phenoxy) is 1. The van der Waals surface area contributed by atoms with Gasteiger partial charge in [-0.3, -0.25) is 4.79 Å².